The molecule has 2 atom stereocenters. The van der Waals surface area contributed by atoms with Gasteiger partial charge in [0.2, 0.25) is 0 Å². The third kappa shape index (κ3) is 4.26. The number of fused-ring (bicyclic) bond motifs is 1. The van der Waals surface area contributed by atoms with E-state index in [9.17, 15) is 26.4 Å². The molecule has 2 aromatic rings. The molecule has 162 valence electrons. The van der Waals surface area contributed by atoms with Gasteiger partial charge in [-0.1, -0.05) is 0 Å². The van der Waals surface area contributed by atoms with E-state index in [1.54, 1.807) is 18.2 Å². The van der Waals surface area contributed by atoms with E-state index in [0.717, 1.165) is 10.2 Å². The van der Waals surface area contributed by atoms with Crippen LogP contribution in [-0.2, 0) is 26.0 Å². The van der Waals surface area contributed by atoms with Gasteiger partial charge in [0.05, 0.1) is 0 Å². The number of methoxy groups -OCH3 is 1. The summed E-state index contributed by atoms with van der Waals surface area (Å²) in [6.07, 6.45) is 7.38. The van der Waals surface area contributed by atoms with Crippen LogP contribution in [0.4, 0.5) is 13.2 Å². The van der Waals surface area contributed by atoms with Crippen LogP contribution in [0.5, 0.6) is 0 Å². The number of carbonyl (C=O) groups excluding carboxylic acids is 1. The summed E-state index contributed by atoms with van der Waals surface area (Å²) >= 11 is 1.39. The Kier molecular flexibility index (Phi) is 6.30. The van der Waals surface area contributed by atoms with E-state index in [1.165, 1.54) is 38.3 Å². The Hall–Kier alpha value is -1.55. The Labute approximate surface area is 186 Å². The number of nitrogens with zero attached hydrogens (tertiary/aromatic N) is 1. The summed E-state index contributed by atoms with van der Waals surface area (Å²) < 4.78 is 70.6. The molecule has 1 aromatic heterocycles. The van der Waals surface area contributed by atoms with Gasteiger partial charge < -0.3 is 0 Å². The Morgan fingerprint density at radius 1 is 1.33 bits per heavy atom. The van der Waals surface area contributed by atoms with Gasteiger partial charge in [-0.25, -0.2) is 0 Å². The molecule has 1 aromatic carbocycles. The topological polar surface area (TPSA) is 65.4 Å². The van der Waals surface area contributed by atoms with Crippen molar-refractivity contribution in [1.29, 1.82) is 0 Å². The van der Waals surface area contributed by atoms with Gasteiger partial charge in [-0.2, -0.15) is 0 Å². The first-order valence-electron chi connectivity index (χ1n) is 8.61. The van der Waals surface area contributed by atoms with Crippen LogP contribution >= 0.6 is 15.9 Å². The van der Waals surface area contributed by atoms with Gasteiger partial charge >= 0.3 is 187 Å². The van der Waals surface area contributed by atoms with Crippen molar-refractivity contribution in [2.45, 2.75) is 28.0 Å². The number of carbonyl (C=O) groups is 1. The number of alkyl halides is 4. The number of hydrogen-bond donors (Lipinski definition) is 0. The average Bonchev–Trinajstić information content (AvgIpc) is 3.01. The molecule has 1 aliphatic carbocycles. The van der Waals surface area contributed by atoms with Crippen molar-refractivity contribution in [2.24, 2.45) is 0 Å². The predicted octanol–water partition coefficient (Wildman–Crippen LogP) is 3.03. The van der Waals surface area contributed by atoms with Gasteiger partial charge in [-0.3, -0.25) is 0 Å². The van der Waals surface area contributed by atoms with E-state index >= 15 is 0 Å². The SMILES string of the molecule is COC(=O)Cc1ccc2c(c1)c([Se]C(F)(F)F)cn2S(=O)(=O)C1(C)C=CC=CC1Br. The van der Waals surface area contributed by atoms with E-state index in [0.29, 0.717) is 5.56 Å². The zero-order chi connectivity index (χ0) is 22.3. The molecule has 0 N–H and O–H groups in total. The number of allylic oxidation sites excluding steroid dienone is 3. The number of rotatable bonds is 5. The number of esters is 1. The van der Waals surface area contributed by atoms with Crippen LogP contribution in [0.15, 0.2) is 48.7 Å². The summed E-state index contributed by atoms with van der Waals surface area (Å²) in [4.78, 5) is 11.0. The zero-order valence-corrected chi connectivity index (χ0v) is 19.9. The minimum atomic E-state index is -4.47. The molecule has 0 saturated heterocycles. The molecular formula is C19H17BrF3NO4SSe. The molecule has 5 nitrogen and oxygen atoms in total. The van der Waals surface area contributed by atoms with Crippen LogP contribution in [0, 0.1) is 0 Å². The Bertz CT molecular complexity index is 1160. The third-order valence-electron chi connectivity index (χ3n) is 4.78. The number of halogens is 4. The molecule has 30 heavy (non-hydrogen) atoms. The summed E-state index contributed by atoms with van der Waals surface area (Å²) in [6, 6.07) is 4.36. The summed E-state index contributed by atoms with van der Waals surface area (Å²) in [6.45, 7) is 1.51. The van der Waals surface area contributed by atoms with E-state index in [4.69, 9.17) is 0 Å². The quantitative estimate of drug-likeness (QED) is 0.315. The first-order chi connectivity index (χ1) is 13.9. The van der Waals surface area contributed by atoms with Crippen LogP contribution in [0.2, 0.25) is 0 Å². The summed E-state index contributed by atoms with van der Waals surface area (Å²) in [5, 5.41) is -4.31. The van der Waals surface area contributed by atoms with Crippen molar-refractivity contribution in [1.82, 2.24) is 3.97 Å². The third-order valence-corrected chi connectivity index (χ3v) is 10.3. The van der Waals surface area contributed by atoms with Gasteiger partial charge in [0.15, 0.2) is 0 Å². The monoisotopic (exact) mass is 571 g/mol. The summed E-state index contributed by atoms with van der Waals surface area (Å²) in [5.74, 6) is -0.543. The van der Waals surface area contributed by atoms with Crippen molar-refractivity contribution in [3.8, 4) is 0 Å². The molecule has 1 aliphatic rings. The molecule has 0 spiro atoms. The Morgan fingerprint density at radius 3 is 2.63 bits per heavy atom. The number of aromatic nitrogens is 1. The van der Waals surface area contributed by atoms with Gasteiger partial charge in [0.25, 0.3) is 0 Å². The minimum absolute atomic E-state index is 0.120. The fourth-order valence-corrected chi connectivity index (χ4v) is 7.42. The molecule has 0 radical (unpaired) electrons. The first-order valence-corrected chi connectivity index (χ1v) is 12.7. The van der Waals surface area contributed by atoms with E-state index in [1.807, 2.05) is 0 Å². The van der Waals surface area contributed by atoms with Crippen molar-refractivity contribution < 1.29 is 31.1 Å². The van der Waals surface area contributed by atoms with Crippen molar-refractivity contribution in [3.63, 3.8) is 0 Å². The fourth-order valence-electron chi connectivity index (χ4n) is 3.10. The van der Waals surface area contributed by atoms with Crippen molar-refractivity contribution >= 4 is 62.2 Å². The first kappa shape index (κ1) is 23.1. The molecule has 0 fully saturated rings. The maximum atomic E-state index is 13.5. The second kappa shape index (κ2) is 8.18. The van der Waals surface area contributed by atoms with Crippen LogP contribution in [-0.4, -0.2) is 55.1 Å². The number of benzene rings is 1. The molecule has 11 heteroatoms. The summed E-state index contributed by atoms with van der Waals surface area (Å²) in [5.41, 5.74) is 0.572. The van der Waals surface area contributed by atoms with Gasteiger partial charge in [0.1, 0.15) is 0 Å². The van der Waals surface area contributed by atoms with E-state index < -0.39 is 45.6 Å². The molecule has 0 amide bonds. The van der Waals surface area contributed by atoms with E-state index in [-0.39, 0.29) is 21.8 Å². The molecular weight excluding hydrogens is 554 g/mol. The van der Waals surface area contributed by atoms with Crippen molar-refractivity contribution in [3.05, 3.63) is 54.3 Å². The molecule has 0 saturated carbocycles. The van der Waals surface area contributed by atoms with Gasteiger partial charge in [-0.05, 0) is 0 Å². The molecule has 0 bridgehead atoms. The number of hydrogen-bond acceptors (Lipinski definition) is 4. The molecule has 3 rings (SSSR count). The zero-order valence-electron chi connectivity index (χ0n) is 15.8. The van der Waals surface area contributed by atoms with Crippen LogP contribution < -0.4 is 4.46 Å². The second-order valence-electron chi connectivity index (χ2n) is 6.78. The van der Waals surface area contributed by atoms with Gasteiger partial charge in [-0.15, -0.1) is 0 Å². The van der Waals surface area contributed by atoms with Crippen LogP contribution in [0.1, 0.15) is 12.5 Å². The fraction of sp³-hybridized carbons (Fsp3) is 0.316. The van der Waals surface area contributed by atoms with E-state index in [2.05, 4.69) is 20.7 Å². The molecule has 2 unspecified atom stereocenters. The van der Waals surface area contributed by atoms with Gasteiger partial charge in [0, 0.05) is 0 Å². The predicted molar refractivity (Wildman–Crippen MR) is 113 cm³/mol. The number of ether oxygens (including phenoxy) is 1. The van der Waals surface area contributed by atoms with Crippen molar-refractivity contribution in [2.75, 3.05) is 7.11 Å². The van der Waals surface area contributed by atoms with Crippen LogP contribution in [0.25, 0.3) is 10.9 Å². The Morgan fingerprint density at radius 2 is 2.03 bits per heavy atom. The normalized spacial score (nSPS) is 21.9. The molecule has 0 aliphatic heterocycles. The average molecular weight is 571 g/mol. The maximum absolute atomic E-state index is 13.5. The summed E-state index contributed by atoms with van der Waals surface area (Å²) in [7, 11) is -2.92. The molecule has 1 heterocycles. The second-order valence-corrected chi connectivity index (χ2v) is 12.3. The Balaban J connectivity index is 2.21. The standard InChI is InChI=1S/C19H17BrF3NO4SSe/c1-18(8-4-3-5-16(18)20)29(26,27)24-11-15(30-19(21,22)23)13-9-12(6-7-14(13)24)10-17(25)28-2/h3-9,11,16H,10H2,1-2H3. The van der Waals surface area contributed by atoms with Crippen LogP contribution in [0.3, 0.4) is 0 Å².